The highest BCUT2D eigenvalue weighted by Gasteiger charge is 2.21. The molecule has 0 atom stereocenters. The highest BCUT2D eigenvalue weighted by Crippen LogP contribution is 2.23. The quantitative estimate of drug-likeness (QED) is 0.583. The van der Waals surface area contributed by atoms with Crippen LogP contribution in [0.25, 0.3) is 0 Å². The SMILES string of the molecule is CC(=O)N1CCN(C(=S)N/N=C2/CCNc3c(C)ccnc32)CC1. The van der Waals surface area contributed by atoms with Gasteiger partial charge < -0.3 is 15.1 Å². The summed E-state index contributed by atoms with van der Waals surface area (Å²) in [7, 11) is 0. The lowest BCUT2D eigenvalue weighted by Crippen LogP contribution is -2.52. The monoisotopic (exact) mass is 346 g/mol. The molecule has 24 heavy (non-hydrogen) atoms. The van der Waals surface area contributed by atoms with E-state index >= 15 is 0 Å². The summed E-state index contributed by atoms with van der Waals surface area (Å²) in [5.74, 6) is 0.113. The molecule has 0 saturated carbocycles. The summed E-state index contributed by atoms with van der Waals surface area (Å²) in [6, 6.07) is 1.99. The van der Waals surface area contributed by atoms with E-state index in [4.69, 9.17) is 12.2 Å². The molecule has 128 valence electrons. The zero-order valence-electron chi connectivity index (χ0n) is 14.0. The van der Waals surface area contributed by atoms with Crippen molar-refractivity contribution < 1.29 is 4.79 Å². The molecule has 1 saturated heterocycles. The van der Waals surface area contributed by atoms with Crippen LogP contribution in [0.5, 0.6) is 0 Å². The largest absolute Gasteiger partial charge is 0.383 e. The molecule has 0 bridgehead atoms. The number of anilines is 1. The smallest absolute Gasteiger partial charge is 0.219 e. The van der Waals surface area contributed by atoms with E-state index in [0.29, 0.717) is 18.2 Å². The number of rotatable bonds is 1. The zero-order chi connectivity index (χ0) is 17.1. The van der Waals surface area contributed by atoms with Crippen molar-refractivity contribution in [3.63, 3.8) is 0 Å². The molecule has 0 radical (unpaired) electrons. The van der Waals surface area contributed by atoms with Crippen LogP contribution in [0.3, 0.4) is 0 Å². The molecule has 1 aromatic heterocycles. The van der Waals surface area contributed by atoms with E-state index in [2.05, 4.69) is 27.8 Å². The average molecular weight is 346 g/mol. The summed E-state index contributed by atoms with van der Waals surface area (Å²) in [4.78, 5) is 19.7. The average Bonchev–Trinajstić information content (AvgIpc) is 2.60. The second-order valence-corrected chi connectivity index (χ2v) is 6.38. The number of amides is 1. The van der Waals surface area contributed by atoms with E-state index in [1.54, 1.807) is 13.1 Å². The van der Waals surface area contributed by atoms with Gasteiger partial charge in [0.05, 0.1) is 11.4 Å². The molecular formula is C16H22N6OS. The molecule has 8 heteroatoms. The maximum Gasteiger partial charge on any atom is 0.219 e. The van der Waals surface area contributed by atoms with Crippen molar-refractivity contribution >= 4 is 34.6 Å². The van der Waals surface area contributed by atoms with Gasteiger partial charge in [-0.2, -0.15) is 5.10 Å². The van der Waals surface area contributed by atoms with E-state index in [9.17, 15) is 4.79 Å². The summed E-state index contributed by atoms with van der Waals surface area (Å²) in [5.41, 5.74) is 7.01. The van der Waals surface area contributed by atoms with E-state index in [1.807, 2.05) is 15.9 Å². The van der Waals surface area contributed by atoms with Crippen molar-refractivity contribution in [3.8, 4) is 0 Å². The molecule has 0 unspecified atom stereocenters. The highest BCUT2D eigenvalue weighted by atomic mass is 32.1. The van der Waals surface area contributed by atoms with Crippen LogP contribution in [-0.4, -0.2) is 64.2 Å². The zero-order valence-corrected chi connectivity index (χ0v) is 14.8. The van der Waals surface area contributed by atoms with Crippen LogP contribution in [0.2, 0.25) is 0 Å². The van der Waals surface area contributed by atoms with Crippen molar-refractivity contribution in [2.75, 3.05) is 38.0 Å². The van der Waals surface area contributed by atoms with Gasteiger partial charge in [-0.15, -0.1) is 0 Å². The van der Waals surface area contributed by atoms with Crippen LogP contribution >= 0.6 is 12.2 Å². The van der Waals surface area contributed by atoms with Gasteiger partial charge >= 0.3 is 0 Å². The van der Waals surface area contributed by atoms with Gasteiger partial charge in [-0.1, -0.05) is 0 Å². The highest BCUT2D eigenvalue weighted by molar-refractivity contribution is 7.80. The lowest BCUT2D eigenvalue weighted by molar-refractivity contribution is -0.130. The fraction of sp³-hybridized carbons (Fsp3) is 0.500. The number of hydrogen-bond acceptors (Lipinski definition) is 5. The van der Waals surface area contributed by atoms with Crippen LogP contribution in [0.1, 0.15) is 24.6 Å². The molecule has 0 aromatic carbocycles. The number of aromatic nitrogens is 1. The van der Waals surface area contributed by atoms with E-state index < -0.39 is 0 Å². The molecule has 7 nitrogen and oxygen atoms in total. The first kappa shape index (κ1) is 16.6. The predicted octanol–water partition coefficient (Wildman–Crippen LogP) is 0.948. The third kappa shape index (κ3) is 3.48. The molecule has 0 aliphatic carbocycles. The Morgan fingerprint density at radius 2 is 2.04 bits per heavy atom. The van der Waals surface area contributed by atoms with Gasteiger partial charge in [-0.3, -0.25) is 15.2 Å². The minimum atomic E-state index is 0.113. The normalized spacial score (nSPS) is 18.8. The van der Waals surface area contributed by atoms with E-state index in [-0.39, 0.29) is 5.91 Å². The molecule has 3 rings (SSSR count). The minimum absolute atomic E-state index is 0.113. The topological polar surface area (TPSA) is 72.9 Å². The molecular weight excluding hydrogens is 324 g/mol. The Morgan fingerprint density at radius 3 is 2.75 bits per heavy atom. The predicted molar refractivity (Wildman–Crippen MR) is 98.2 cm³/mol. The standard InChI is InChI=1S/C16H22N6OS/c1-11-3-5-18-15-13(4-6-17-14(11)15)19-20-16(24)22-9-7-21(8-10-22)12(2)23/h3,5,17H,4,6-10H2,1-2H3,(H,20,24)/b19-13-. The van der Waals surface area contributed by atoms with Crippen LogP contribution in [0.4, 0.5) is 5.69 Å². The lowest BCUT2D eigenvalue weighted by Gasteiger charge is -2.35. The molecule has 2 aliphatic rings. The van der Waals surface area contributed by atoms with Crippen molar-refractivity contribution in [1.82, 2.24) is 20.2 Å². The number of fused-ring (bicyclic) bond motifs is 1. The summed E-state index contributed by atoms with van der Waals surface area (Å²) in [6.45, 7) is 7.34. The van der Waals surface area contributed by atoms with Gasteiger partial charge in [0.25, 0.3) is 0 Å². The Hall–Kier alpha value is -2.22. The molecule has 2 aliphatic heterocycles. The van der Waals surface area contributed by atoms with Gasteiger partial charge in [0.2, 0.25) is 5.91 Å². The Bertz CT molecular complexity index is 681. The minimum Gasteiger partial charge on any atom is -0.383 e. The fourth-order valence-corrected chi connectivity index (χ4v) is 3.17. The Balaban J connectivity index is 1.64. The van der Waals surface area contributed by atoms with Gasteiger partial charge in [0.15, 0.2) is 5.11 Å². The number of hydrogen-bond donors (Lipinski definition) is 2. The van der Waals surface area contributed by atoms with Crippen molar-refractivity contribution in [2.24, 2.45) is 5.10 Å². The number of thiocarbonyl (C=S) groups is 1. The summed E-state index contributed by atoms with van der Waals surface area (Å²) < 4.78 is 0. The summed E-state index contributed by atoms with van der Waals surface area (Å²) in [6.07, 6.45) is 2.60. The number of piperazine rings is 1. The van der Waals surface area contributed by atoms with Gasteiger partial charge in [0.1, 0.15) is 5.69 Å². The van der Waals surface area contributed by atoms with Crippen LogP contribution < -0.4 is 10.7 Å². The Labute approximate surface area is 147 Å². The van der Waals surface area contributed by atoms with Gasteiger partial charge in [-0.05, 0) is 30.8 Å². The van der Waals surface area contributed by atoms with Crippen LogP contribution in [-0.2, 0) is 4.79 Å². The third-order valence-corrected chi connectivity index (χ3v) is 4.74. The van der Waals surface area contributed by atoms with Crippen LogP contribution in [0.15, 0.2) is 17.4 Å². The lowest BCUT2D eigenvalue weighted by atomic mass is 10.0. The second-order valence-electron chi connectivity index (χ2n) is 6.00. The molecule has 2 N–H and O–H groups in total. The summed E-state index contributed by atoms with van der Waals surface area (Å²) >= 11 is 5.44. The van der Waals surface area contributed by atoms with Crippen molar-refractivity contribution in [2.45, 2.75) is 20.3 Å². The number of aryl methyl sites for hydroxylation is 1. The van der Waals surface area contributed by atoms with Crippen molar-refractivity contribution in [3.05, 3.63) is 23.5 Å². The Morgan fingerprint density at radius 1 is 1.33 bits per heavy atom. The summed E-state index contributed by atoms with van der Waals surface area (Å²) in [5, 5.41) is 8.47. The number of nitrogens with zero attached hydrogens (tertiary/aromatic N) is 4. The number of carbonyl (C=O) groups excluding carboxylic acids is 1. The van der Waals surface area contributed by atoms with Crippen molar-refractivity contribution in [1.29, 1.82) is 0 Å². The number of carbonyl (C=O) groups is 1. The van der Waals surface area contributed by atoms with Crippen LogP contribution in [0, 0.1) is 6.92 Å². The first-order valence-corrected chi connectivity index (χ1v) is 8.54. The van der Waals surface area contributed by atoms with Gasteiger partial charge in [-0.25, -0.2) is 0 Å². The number of nitrogens with one attached hydrogen (secondary N) is 2. The molecule has 1 aromatic rings. The number of pyridine rings is 1. The molecule has 1 amide bonds. The first-order chi connectivity index (χ1) is 11.6. The van der Waals surface area contributed by atoms with Gasteiger partial charge in [0, 0.05) is 52.3 Å². The fourth-order valence-electron chi connectivity index (χ4n) is 2.94. The van der Waals surface area contributed by atoms with E-state index in [0.717, 1.165) is 48.7 Å². The molecule has 3 heterocycles. The number of hydrazone groups is 1. The van der Waals surface area contributed by atoms with E-state index in [1.165, 1.54) is 0 Å². The Kier molecular flexibility index (Phi) is 4.94. The molecule has 1 fully saturated rings. The first-order valence-electron chi connectivity index (χ1n) is 8.13. The molecule has 0 spiro atoms. The maximum absolute atomic E-state index is 11.4. The second kappa shape index (κ2) is 7.12. The maximum atomic E-state index is 11.4. The third-order valence-electron chi connectivity index (χ3n) is 4.39.